The molecule has 2 nitrogen and oxygen atoms in total. The molecule has 0 spiro atoms. The Hall–Kier alpha value is -0.920. The van der Waals surface area contributed by atoms with Crippen molar-refractivity contribution in [3.05, 3.63) is 44.0 Å². The van der Waals surface area contributed by atoms with Gasteiger partial charge >= 0.3 is 6.36 Å². The zero-order chi connectivity index (χ0) is 15.6. The molecule has 0 aliphatic rings. The average Bonchev–Trinajstić information content (AvgIpc) is 2.77. The van der Waals surface area contributed by atoms with Crippen molar-refractivity contribution in [1.82, 2.24) is 0 Å². The molecule has 114 valence electrons. The first-order valence-corrected chi connectivity index (χ1v) is 7.80. The molecule has 1 atom stereocenters. The van der Waals surface area contributed by atoms with Gasteiger partial charge in [0.15, 0.2) is 5.75 Å². The number of rotatable bonds is 4. The van der Waals surface area contributed by atoms with Crippen molar-refractivity contribution >= 4 is 44.6 Å². The Labute approximate surface area is 137 Å². The molecule has 0 bridgehead atoms. The maximum absolute atomic E-state index is 12.4. The highest BCUT2D eigenvalue weighted by molar-refractivity contribution is 9.10. The summed E-state index contributed by atoms with van der Waals surface area (Å²) in [7, 11) is 0. The van der Waals surface area contributed by atoms with Gasteiger partial charge in [0.2, 0.25) is 0 Å². The molecule has 2 aromatic rings. The molecule has 0 amide bonds. The van der Waals surface area contributed by atoms with Crippen LogP contribution >= 0.6 is 38.9 Å². The van der Waals surface area contributed by atoms with E-state index in [0.717, 1.165) is 4.88 Å². The summed E-state index contributed by atoms with van der Waals surface area (Å²) in [5.41, 5.74) is 0.257. The monoisotopic (exact) mass is 399 g/mol. The second kappa shape index (κ2) is 6.46. The van der Waals surface area contributed by atoms with Crippen LogP contribution < -0.4 is 10.1 Å². The highest BCUT2D eigenvalue weighted by atomic mass is 79.9. The highest BCUT2D eigenvalue weighted by Gasteiger charge is 2.32. The molecule has 0 radical (unpaired) electrons. The zero-order valence-electron chi connectivity index (χ0n) is 10.7. The molecule has 0 saturated heterocycles. The van der Waals surface area contributed by atoms with Gasteiger partial charge in [-0.15, -0.1) is 24.5 Å². The summed E-state index contributed by atoms with van der Waals surface area (Å²) in [6.07, 6.45) is -4.74. The molecule has 1 heterocycles. The number of anilines is 1. The number of halogens is 5. The van der Waals surface area contributed by atoms with Crippen LogP contribution in [-0.2, 0) is 0 Å². The van der Waals surface area contributed by atoms with E-state index in [-0.39, 0.29) is 17.5 Å². The van der Waals surface area contributed by atoms with Crippen LogP contribution in [0.4, 0.5) is 18.9 Å². The Morgan fingerprint density at radius 3 is 2.57 bits per heavy atom. The van der Waals surface area contributed by atoms with Gasteiger partial charge in [0.25, 0.3) is 0 Å². The van der Waals surface area contributed by atoms with E-state index in [4.69, 9.17) is 11.6 Å². The van der Waals surface area contributed by atoms with E-state index in [1.165, 1.54) is 23.5 Å². The van der Waals surface area contributed by atoms with Crippen LogP contribution in [0.1, 0.15) is 17.8 Å². The largest absolute Gasteiger partial charge is 0.573 e. The number of ether oxygens (including phenoxy) is 1. The van der Waals surface area contributed by atoms with E-state index < -0.39 is 6.36 Å². The van der Waals surface area contributed by atoms with Crippen molar-refractivity contribution in [2.24, 2.45) is 0 Å². The lowest BCUT2D eigenvalue weighted by molar-refractivity contribution is -0.274. The standard InChI is InChI=1S/C13H10BrClF3NOS/c1-7(11-4-5-12(15)21-11)19-9-3-2-8(14)6-10(9)20-13(16,17)18/h2-7,19H,1H3. The fourth-order valence-electron chi connectivity index (χ4n) is 1.69. The van der Waals surface area contributed by atoms with Crippen LogP contribution in [0.15, 0.2) is 34.8 Å². The number of hydrogen-bond acceptors (Lipinski definition) is 3. The SMILES string of the molecule is CC(Nc1ccc(Br)cc1OC(F)(F)F)c1ccc(Cl)s1. The van der Waals surface area contributed by atoms with Gasteiger partial charge in [-0.05, 0) is 37.3 Å². The van der Waals surface area contributed by atoms with E-state index in [2.05, 4.69) is 26.0 Å². The minimum absolute atomic E-state index is 0.195. The van der Waals surface area contributed by atoms with E-state index in [1.54, 1.807) is 12.1 Å². The number of thiophene rings is 1. The molecular weight excluding hydrogens is 391 g/mol. The molecule has 8 heteroatoms. The van der Waals surface area contributed by atoms with Crippen molar-refractivity contribution in [3.63, 3.8) is 0 Å². The van der Waals surface area contributed by atoms with Crippen molar-refractivity contribution in [1.29, 1.82) is 0 Å². The smallest absolute Gasteiger partial charge is 0.404 e. The lowest BCUT2D eigenvalue weighted by Gasteiger charge is -2.18. The Morgan fingerprint density at radius 2 is 2.00 bits per heavy atom. The van der Waals surface area contributed by atoms with E-state index in [0.29, 0.717) is 8.81 Å². The lowest BCUT2D eigenvalue weighted by atomic mass is 10.2. The quantitative estimate of drug-likeness (QED) is 0.656. The minimum atomic E-state index is -4.74. The van der Waals surface area contributed by atoms with Crippen LogP contribution in [0.5, 0.6) is 5.75 Å². The van der Waals surface area contributed by atoms with E-state index in [9.17, 15) is 13.2 Å². The molecule has 2 rings (SSSR count). The van der Waals surface area contributed by atoms with Gasteiger partial charge in [0, 0.05) is 9.35 Å². The molecule has 0 aliphatic heterocycles. The van der Waals surface area contributed by atoms with Crippen molar-refractivity contribution in [2.45, 2.75) is 19.3 Å². The predicted molar refractivity (Wildman–Crippen MR) is 82.2 cm³/mol. The zero-order valence-corrected chi connectivity index (χ0v) is 13.8. The maximum atomic E-state index is 12.4. The van der Waals surface area contributed by atoms with Crippen LogP contribution in [0.25, 0.3) is 0 Å². The van der Waals surface area contributed by atoms with Gasteiger partial charge in [0.1, 0.15) is 0 Å². The fraction of sp³-hybridized carbons (Fsp3) is 0.231. The summed E-state index contributed by atoms with van der Waals surface area (Å²) in [6.45, 7) is 1.83. The summed E-state index contributed by atoms with van der Waals surface area (Å²) in [5.74, 6) is -0.286. The number of nitrogens with one attached hydrogen (secondary N) is 1. The van der Waals surface area contributed by atoms with E-state index in [1.807, 2.05) is 13.0 Å². The van der Waals surface area contributed by atoms with Gasteiger partial charge in [-0.3, -0.25) is 0 Å². The second-order valence-electron chi connectivity index (χ2n) is 4.20. The van der Waals surface area contributed by atoms with Gasteiger partial charge in [-0.25, -0.2) is 0 Å². The first-order chi connectivity index (χ1) is 9.74. The third-order valence-corrected chi connectivity index (χ3v) is 4.47. The third kappa shape index (κ3) is 4.79. The van der Waals surface area contributed by atoms with Crippen molar-refractivity contribution < 1.29 is 17.9 Å². The van der Waals surface area contributed by atoms with Crippen LogP contribution in [0.3, 0.4) is 0 Å². The number of alkyl halides is 3. The van der Waals surface area contributed by atoms with E-state index >= 15 is 0 Å². The van der Waals surface area contributed by atoms with Gasteiger partial charge in [-0.1, -0.05) is 27.5 Å². The van der Waals surface area contributed by atoms with Crippen molar-refractivity contribution in [2.75, 3.05) is 5.32 Å². The summed E-state index contributed by atoms with van der Waals surface area (Å²) < 4.78 is 42.5. The Balaban J connectivity index is 2.22. The lowest BCUT2D eigenvalue weighted by Crippen LogP contribution is -2.18. The normalized spacial score (nSPS) is 13.0. The maximum Gasteiger partial charge on any atom is 0.573 e. The Kier molecular flexibility index (Phi) is 5.06. The molecule has 1 N–H and O–H groups in total. The topological polar surface area (TPSA) is 21.3 Å². The molecule has 21 heavy (non-hydrogen) atoms. The summed E-state index contributed by atoms with van der Waals surface area (Å²) >= 11 is 10.4. The highest BCUT2D eigenvalue weighted by Crippen LogP contribution is 2.36. The molecule has 1 aromatic carbocycles. The van der Waals surface area contributed by atoms with Crippen molar-refractivity contribution in [3.8, 4) is 5.75 Å². The van der Waals surface area contributed by atoms with Crippen LogP contribution in [0, 0.1) is 0 Å². The van der Waals surface area contributed by atoms with Gasteiger partial charge in [-0.2, -0.15) is 0 Å². The van der Waals surface area contributed by atoms with Crippen LogP contribution in [-0.4, -0.2) is 6.36 Å². The molecule has 1 unspecified atom stereocenters. The first-order valence-electron chi connectivity index (χ1n) is 5.81. The summed E-state index contributed by atoms with van der Waals surface area (Å²) in [4.78, 5) is 0.917. The number of hydrogen-bond donors (Lipinski definition) is 1. The summed E-state index contributed by atoms with van der Waals surface area (Å²) in [6, 6.07) is 7.81. The average molecular weight is 401 g/mol. The van der Waals surface area contributed by atoms with Gasteiger partial charge in [0.05, 0.1) is 16.1 Å². The van der Waals surface area contributed by atoms with Gasteiger partial charge < -0.3 is 10.1 Å². The number of benzene rings is 1. The predicted octanol–water partition coefficient (Wildman–Crippen LogP) is 6.24. The molecular formula is C13H10BrClF3NOS. The minimum Gasteiger partial charge on any atom is -0.404 e. The molecule has 0 aliphatic carbocycles. The van der Waals surface area contributed by atoms with Crippen LogP contribution in [0.2, 0.25) is 4.34 Å². The fourth-order valence-corrected chi connectivity index (χ4v) is 3.09. The summed E-state index contributed by atoms with van der Waals surface area (Å²) in [5, 5.41) is 3.00. The Bertz CT molecular complexity index is 632. The second-order valence-corrected chi connectivity index (χ2v) is 6.86. The molecule has 0 saturated carbocycles. The Morgan fingerprint density at radius 1 is 1.29 bits per heavy atom. The third-order valence-electron chi connectivity index (χ3n) is 2.56. The molecule has 1 aromatic heterocycles. The first kappa shape index (κ1) is 16.5. The molecule has 0 fully saturated rings.